The summed E-state index contributed by atoms with van der Waals surface area (Å²) in [4.78, 5) is 29.5. The maximum absolute atomic E-state index is 12.7. The number of alkyl halides is 2. The van der Waals surface area contributed by atoms with E-state index in [0.29, 0.717) is 54.1 Å². The van der Waals surface area contributed by atoms with Gasteiger partial charge in [0, 0.05) is 42.6 Å². The summed E-state index contributed by atoms with van der Waals surface area (Å²) in [6.07, 6.45) is 3.53. The zero-order valence-electron chi connectivity index (χ0n) is 15.6. The molecule has 0 atom stereocenters. The molecule has 0 bridgehead atoms. The van der Waals surface area contributed by atoms with Crippen molar-refractivity contribution in [2.45, 2.75) is 43.3 Å². The molecule has 1 aromatic carbocycles. The Hall–Kier alpha value is -1.63. The second-order valence-electron chi connectivity index (χ2n) is 7.48. The zero-order valence-corrected chi connectivity index (χ0v) is 16.4. The first-order valence-corrected chi connectivity index (χ1v) is 10.4. The smallest absolute Gasteiger partial charge is 0.288 e. The molecule has 2 saturated heterocycles. The first-order valence-electron chi connectivity index (χ1n) is 9.57. The van der Waals surface area contributed by atoms with E-state index in [0.717, 1.165) is 25.9 Å². The lowest BCUT2D eigenvalue weighted by Gasteiger charge is -2.36. The van der Waals surface area contributed by atoms with Gasteiger partial charge in [-0.15, -0.1) is 0 Å². The Balaban J connectivity index is 1.51. The Bertz CT molecular complexity index is 652. The number of likely N-dealkylation sites (tertiary alicyclic amines) is 2. The lowest BCUT2D eigenvalue weighted by atomic mass is 9.92. The van der Waals surface area contributed by atoms with Crippen molar-refractivity contribution < 1.29 is 18.4 Å². The number of thioether (sulfide) groups is 1. The number of rotatable bonds is 4. The van der Waals surface area contributed by atoms with E-state index in [2.05, 4.69) is 6.92 Å². The SMILES string of the molecule is CC1CCN(C(=O)C2CCN(C(=O)c3ccc(SC(F)F)cc3)CC2)CC1. The first kappa shape index (κ1) is 20.1. The molecular formula is C20H26F2N2O2S. The van der Waals surface area contributed by atoms with Crippen LogP contribution >= 0.6 is 11.8 Å². The Morgan fingerprint density at radius 2 is 1.52 bits per heavy atom. The molecule has 27 heavy (non-hydrogen) atoms. The van der Waals surface area contributed by atoms with E-state index in [-0.39, 0.29) is 17.7 Å². The number of halogens is 2. The van der Waals surface area contributed by atoms with E-state index in [1.807, 2.05) is 4.90 Å². The molecule has 2 amide bonds. The van der Waals surface area contributed by atoms with E-state index < -0.39 is 5.76 Å². The van der Waals surface area contributed by atoms with Gasteiger partial charge >= 0.3 is 0 Å². The fraction of sp³-hybridized carbons (Fsp3) is 0.600. The highest BCUT2D eigenvalue weighted by molar-refractivity contribution is 7.99. The molecule has 2 aliphatic heterocycles. The number of amides is 2. The summed E-state index contributed by atoms with van der Waals surface area (Å²) in [6.45, 7) is 5.05. The standard InChI is InChI=1S/C20H26F2N2O2S/c1-14-6-10-23(11-7-14)19(26)16-8-12-24(13-9-16)18(25)15-2-4-17(5-3-15)27-20(21)22/h2-5,14,16,20H,6-13H2,1H3. The number of hydrogen-bond acceptors (Lipinski definition) is 3. The van der Waals surface area contributed by atoms with Gasteiger partial charge in [-0.25, -0.2) is 0 Å². The molecule has 0 aromatic heterocycles. The predicted octanol–water partition coefficient (Wildman–Crippen LogP) is 4.11. The minimum Gasteiger partial charge on any atom is -0.342 e. The van der Waals surface area contributed by atoms with Crippen molar-refractivity contribution in [1.29, 1.82) is 0 Å². The lowest BCUT2D eigenvalue weighted by Crippen LogP contribution is -2.46. The Morgan fingerprint density at radius 1 is 0.963 bits per heavy atom. The summed E-state index contributed by atoms with van der Waals surface area (Å²) >= 11 is 0.471. The Kier molecular flexibility index (Phi) is 6.73. The number of carbonyl (C=O) groups is 2. The van der Waals surface area contributed by atoms with Gasteiger partial charge < -0.3 is 9.80 Å². The van der Waals surface area contributed by atoms with Crippen molar-refractivity contribution in [2.75, 3.05) is 26.2 Å². The van der Waals surface area contributed by atoms with Crippen molar-refractivity contribution in [3.05, 3.63) is 29.8 Å². The van der Waals surface area contributed by atoms with Crippen molar-refractivity contribution >= 4 is 23.6 Å². The molecule has 3 rings (SSSR count). The molecule has 1 aromatic rings. The third kappa shape index (κ3) is 5.21. The molecule has 2 aliphatic rings. The molecule has 4 nitrogen and oxygen atoms in total. The minimum atomic E-state index is -2.47. The molecular weight excluding hydrogens is 370 g/mol. The zero-order chi connectivity index (χ0) is 19.4. The Morgan fingerprint density at radius 3 is 2.07 bits per heavy atom. The van der Waals surface area contributed by atoms with Crippen LogP contribution in [0.3, 0.4) is 0 Å². The fourth-order valence-electron chi connectivity index (χ4n) is 3.78. The molecule has 2 fully saturated rings. The van der Waals surface area contributed by atoms with E-state index in [1.54, 1.807) is 29.2 Å². The van der Waals surface area contributed by atoms with Crippen LogP contribution in [0, 0.1) is 11.8 Å². The molecule has 148 valence electrons. The second kappa shape index (κ2) is 9.04. The van der Waals surface area contributed by atoms with Crippen molar-refractivity contribution in [1.82, 2.24) is 9.80 Å². The van der Waals surface area contributed by atoms with E-state index in [1.165, 1.54) is 0 Å². The number of benzene rings is 1. The topological polar surface area (TPSA) is 40.6 Å². The fourth-order valence-corrected chi connectivity index (χ4v) is 4.28. The average Bonchev–Trinajstić information content (AvgIpc) is 2.68. The molecule has 0 spiro atoms. The van der Waals surface area contributed by atoms with E-state index in [9.17, 15) is 18.4 Å². The molecule has 0 radical (unpaired) electrons. The molecule has 0 aliphatic carbocycles. The Labute approximate surface area is 163 Å². The number of hydrogen-bond donors (Lipinski definition) is 0. The van der Waals surface area contributed by atoms with Crippen LogP contribution in [0.2, 0.25) is 0 Å². The van der Waals surface area contributed by atoms with Gasteiger partial charge in [0.05, 0.1) is 0 Å². The molecule has 0 saturated carbocycles. The van der Waals surface area contributed by atoms with Gasteiger partial charge in [0.15, 0.2) is 0 Å². The maximum atomic E-state index is 12.7. The van der Waals surface area contributed by atoms with Crippen LogP contribution in [0.5, 0.6) is 0 Å². The van der Waals surface area contributed by atoms with Crippen LogP contribution < -0.4 is 0 Å². The average molecular weight is 397 g/mol. The van der Waals surface area contributed by atoms with Crippen molar-refractivity contribution in [3.8, 4) is 0 Å². The largest absolute Gasteiger partial charge is 0.342 e. The van der Waals surface area contributed by atoms with Gasteiger partial charge in [-0.2, -0.15) is 8.78 Å². The third-order valence-corrected chi connectivity index (χ3v) is 6.28. The van der Waals surface area contributed by atoms with E-state index in [4.69, 9.17) is 0 Å². The van der Waals surface area contributed by atoms with Gasteiger partial charge in [-0.1, -0.05) is 18.7 Å². The van der Waals surface area contributed by atoms with Crippen LogP contribution in [0.4, 0.5) is 8.78 Å². The molecule has 0 N–H and O–H groups in total. The van der Waals surface area contributed by atoms with E-state index >= 15 is 0 Å². The third-order valence-electron chi connectivity index (χ3n) is 5.55. The maximum Gasteiger partial charge on any atom is 0.288 e. The normalized spacial score (nSPS) is 19.6. The minimum absolute atomic E-state index is 0.00674. The first-order chi connectivity index (χ1) is 12.9. The second-order valence-corrected chi connectivity index (χ2v) is 8.54. The summed E-state index contributed by atoms with van der Waals surface area (Å²) in [5, 5.41) is 0. The van der Waals surface area contributed by atoms with Gasteiger partial charge in [-0.05, 0) is 55.9 Å². The lowest BCUT2D eigenvalue weighted by molar-refractivity contribution is -0.138. The number of piperidine rings is 2. The predicted molar refractivity (Wildman–Crippen MR) is 102 cm³/mol. The van der Waals surface area contributed by atoms with Crippen molar-refractivity contribution in [3.63, 3.8) is 0 Å². The van der Waals surface area contributed by atoms with Crippen LogP contribution in [-0.2, 0) is 4.79 Å². The molecule has 0 unspecified atom stereocenters. The summed E-state index contributed by atoms with van der Waals surface area (Å²) < 4.78 is 24.8. The highest BCUT2D eigenvalue weighted by Crippen LogP contribution is 2.27. The molecule has 7 heteroatoms. The van der Waals surface area contributed by atoms with Crippen LogP contribution in [0.25, 0.3) is 0 Å². The van der Waals surface area contributed by atoms with Gasteiger partial charge in [-0.3, -0.25) is 9.59 Å². The highest BCUT2D eigenvalue weighted by atomic mass is 32.2. The monoisotopic (exact) mass is 396 g/mol. The van der Waals surface area contributed by atoms with Crippen LogP contribution in [-0.4, -0.2) is 53.6 Å². The summed E-state index contributed by atoms with van der Waals surface area (Å²) in [5.41, 5.74) is 0.503. The van der Waals surface area contributed by atoms with Gasteiger partial charge in [0.2, 0.25) is 5.91 Å². The number of carbonyl (C=O) groups excluding carboxylic acids is 2. The number of nitrogens with zero attached hydrogens (tertiary/aromatic N) is 2. The summed E-state index contributed by atoms with van der Waals surface area (Å²) in [7, 11) is 0. The van der Waals surface area contributed by atoms with Crippen LogP contribution in [0.15, 0.2) is 29.2 Å². The van der Waals surface area contributed by atoms with Crippen molar-refractivity contribution in [2.24, 2.45) is 11.8 Å². The molecule has 2 heterocycles. The van der Waals surface area contributed by atoms with Gasteiger partial charge in [0.25, 0.3) is 11.7 Å². The van der Waals surface area contributed by atoms with Gasteiger partial charge in [0.1, 0.15) is 0 Å². The summed E-state index contributed by atoms with van der Waals surface area (Å²) in [5.74, 6) is -1.62. The quantitative estimate of drug-likeness (QED) is 0.719. The van der Waals surface area contributed by atoms with Crippen LogP contribution in [0.1, 0.15) is 43.0 Å². The summed E-state index contributed by atoms with van der Waals surface area (Å²) in [6, 6.07) is 6.30. The highest BCUT2D eigenvalue weighted by Gasteiger charge is 2.31.